The van der Waals surface area contributed by atoms with Crippen LogP contribution in [0.25, 0.3) is 0 Å². The van der Waals surface area contributed by atoms with E-state index >= 15 is 0 Å². The lowest BCUT2D eigenvalue weighted by Gasteiger charge is -2.34. The third-order valence-corrected chi connectivity index (χ3v) is 4.79. The zero-order chi connectivity index (χ0) is 20.4. The van der Waals surface area contributed by atoms with E-state index in [4.69, 9.17) is 5.11 Å². The summed E-state index contributed by atoms with van der Waals surface area (Å²) < 4.78 is 17.4. The highest BCUT2D eigenvalue weighted by Gasteiger charge is 2.25. The van der Waals surface area contributed by atoms with Gasteiger partial charge in [0.25, 0.3) is 0 Å². The molecule has 2 rings (SSSR count). The van der Waals surface area contributed by atoms with Crippen LogP contribution in [0.5, 0.6) is 0 Å². The molecule has 2 atom stereocenters. The number of hydrogen-bond donors (Lipinski definition) is 2. The maximum absolute atomic E-state index is 13.0. The second kappa shape index (κ2) is 11.4. The number of nitrogens with zero attached hydrogens (tertiary/aromatic N) is 1. The monoisotopic (exact) mass is 393 g/mol. The SMILES string of the molecule is O=C(O)OCCCCCN1C(=O)CCC[C@@H]1/C=C/C(O)Cc1ccc(F)cc1. The van der Waals surface area contributed by atoms with Gasteiger partial charge in [0.15, 0.2) is 0 Å². The van der Waals surface area contributed by atoms with Gasteiger partial charge < -0.3 is 19.8 Å². The highest BCUT2D eigenvalue weighted by molar-refractivity contribution is 5.77. The van der Waals surface area contributed by atoms with Crippen LogP contribution in [0.1, 0.15) is 44.1 Å². The Balaban J connectivity index is 1.81. The molecular weight excluding hydrogens is 365 g/mol. The highest BCUT2D eigenvalue weighted by Crippen LogP contribution is 2.20. The molecule has 7 heteroatoms. The van der Waals surface area contributed by atoms with E-state index in [1.165, 1.54) is 12.1 Å². The lowest BCUT2D eigenvalue weighted by Crippen LogP contribution is -2.43. The molecule has 154 valence electrons. The van der Waals surface area contributed by atoms with Gasteiger partial charge in [0.1, 0.15) is 5.82 Å². The van der Waals surface area contributed by atoms with Crippen molar-refractivity contribution in [1.29, 1.82) is 0 Å². The zero-order valence-corrected chi connectivity index (χ0v) is 15.9. The molecule has 2 N–H and O–H groups in total. The van der Waals surface area contributed by atoms with E-state index in [-0.39, 0.29) is 24.4 Å². The number of carbonyl (C=O) groups is 2. The van der Waals surface area contributed by atoms with Crippen LogP contribution < -0.4 is 0 Å². The number of carboxylic acid groups (broad SMARTS) is 1. The van der Waals surface area contributed by atoms with Crippen molar-refractivity contribution in [2.24, 2.45) is 0 Å². The average Bonchev–Trinajstić information content (AvgIpc) is 2.66. The van der Waals surface area contributed by atoms with E-state index < -0.39 is 12.3 Å². The predicted octanol–water partition coefficient (Wildman–Crippen LogP) is 3.53. The summed E-state index contributed by atoms with van der Waals surface area (Å²) in [5.41, 5.74) is 0.846. The first-order valence-corrected chi connectivity index (χ1v) is 9.71. The number of ether oxygens (including phenoxy) is 1. The van der Waals surface area contributed by atoms with Crippen LogP contribution in [0.3, 0.4) is 0 Å². The van der Waals surface area contributed by atoms with E-state index in [0.29, 0.717) is 25.8 Å². The first kappa shape index (κ1) is 21.9. The maximum atomic E-state index is 13.0. The number of piperidine rings is 1. The van der Waals surface area contributed by atoms with Gasteiger partial charge >= 0.3 is 6.16 Å². The second-order valence-electron chi connectivity index (χ2n) is 7.00. The molecule has 1 amide bonds. The van der Waals surface area contributed by atoms with Crippen molar-refractivity contribution in [1.82, 2.24) is 4.90 Å². The Morgan fingerprint density at radius 3 is 2.75 bits per heavy atom. The van der Waals surface area contributed by atoms with Gasteiger partial charge in [-0.15, -0.1) is 0 Å². The molecule has 0 saturated carbocycles. The number of carbonyl (C=O) groups excluding carboxylic acids is 1. The lowest BCUT2D eigenvalue weighted by atomic mass is 9.99. The minimum absolute atomic E-state index is 0.0422. The quantitative estimate of drug-likeness (QED) is 0.361. The van der Waals surface area contributed by atoms with Crippen molar-refractivity contribution in [2.45, 2.75) is 57.1 Å². The summed E-state index contributed by atoms with van der Waals surface area (Å²) in [6, 6.07) is 6.00. The van der Waals surface area contributed by atoms with E-state index in [1.54, 1.807) is 18.2 Å². The fourth-order valence-electron chi connectivity index (χ4n) is 3.34. The Morgan fingerprint density at radius 1 is 1.29 bits per heavy atom. The molecule has 1 aromatic carbocycles. The Morgan fingerprint density at radius 2 is 2.04 bits per heavy atom. The van der Waals surface area contributed by atoms with Gasteiger partial charge in [-0.2, -0.15) is 0 Å². The normalized spacial score (nSPS) is 18.4. The van der Waals surface area contributed by atoms with E-state index in [0.717, 1.165) is 31.2 Å². The third kappa shape index (κ3) is 7.68. The average molecular weight is 393 g/mol. The summed E-state index contributed by atoms with van der Waals surface area (Å²) in [6.45, 7) is 0.775. The van der Waals surface area contributed by atoms with Crippen molar-refractivity contribution in [3.05, 3.63) is 47.8 Å². The molecule has 0 bridgehead atoms. The Hall–Kier alpha value is -2.41. The van der Waals surface area contributed by atoms with Gasteiger partial charge in [-0.05, 0) is 49.8 Å². The lowest BCUT2D eigenvalue weighted by molar-refractivity contribution is -0.135. The van der Waals surface area contributed by atoms with Gasteiger partial charge in [-0.3, -0.25) is 4.79 Å². The van der Waals surface area contributed by atoms with Crippen LogP contribution >= 0.6 is 0 Å². The number of amides is 1. The smallest absolute Gasteiger partial charge is 0.450 e. The summed E-state index contributed by atoms with van der Waals surface area (Å²) >= 11 is 0. The Labute approximate surface area is 164 Å². The third-order valence-electron chi connectivity index (χ3n) is 4.79. The van der Waals surface area contributed by atoms with Crippen LogP contribution in [-0.2, 0) is 16.0 Å². The number of rotatable bonds is 10. The van der Waals surface area contributed by atoms with Gasteiger partial charge in [-0.1, -0.05) is 24.3 Å². The van der Waals surface area contributed by atoms with E-state index in [2.05, 4.69) is 4.74 Å². The molecule has 1 unspecified atom stereocenters. The molecule has 1 aliphatic rings. The summed E-state index contributed by atoms with van der Waals surface area (Å²) in [4.78, 5) is 24.4. The first-order chi connectivity index (χ1) is 13.5. The molecule has 0 aliphatic carbocycles. The number of unbranched alkanes of at least 4 members (excludes halogenated alkanes) is 2. The fourth-order valence-corrected chi connectivity index (χ4v) is 3.34. The fraction of sp³-hybridized carbons (Fsp3) is 0.524. The van der Waals surface area contributed by atoms with Gasteiger partial charge in [-0.25, -0.2) is 9.18 Å². The van der Waals surface area contributed by atoms with Crippen LogP contribution in [0.4, 0.5) is 9.18 Å². The number of benzene rings is 1. The summed E-state index contributed by atoms with van der Waals surface area (Å²) in [7, 11) is 0. The highest BCUT2D eigenvalue weighted by atomic mass is 19.1. The van der Waals surface area contributed by atoms with Gasteiger partial charge in [0, 0.05) is 19.4 Å². The Bertz CT molecular complexity index is 661. The first-order valence-electron chi connectivity index (χ1n) is 9.71. The molecule has 1 fully saturated rings. The van der Waals surface area contributed by atoms with Crippen molar-refractivity contribution < 1.29 is 28.9 Å². The largest absolute Gasteiger partial charge is 0.505 e. The standard InChI is InChI=1S/C21H28FNO5/c22-17-9-7-16(8-10-17)15-19(24)12-11-18-5-4-6-20(25)23(18)13-2-1-3-14-28-21(26)27/h7-12,18-19,24H,1-6,13-15H2,(H,26,27)/b12-11+/t18-,19?/m1/s1. The molecule has 1 aliphatic heterocycles. The topological polar surface area (TPSA) is 87.1 Å². The van der Waals surface area contributed by atoms with Gasteiger partial charge in [0.05, 0.1) is 18.8 Å². The summed E-state index contributed by atoms with van der Waals surface area (Å²) in [5, 5.41) is 18.7. The van der Waals surface area contributed by atoms with Crippen LogP contribution in [0.2, 0.25) is 0 Å². The zero-order valence-electron chi connectivity index (χ0n) is 15.9. The summed E-state index contributed by atoms with van der Waals surface area (Å²) in [6.07, 6.45) is 6.42. The van der Waals surface area contributed by atoms with Crippen molar-refractivity contribution in [3.8, 4) is 0 Å². The minimum atomic E-state index is -1.27. The van der Waals surface area contributed by atoms with Crippen molar-refractivity contribution in [2.75, 3.05) is 13.2 Å². The number of aliphatic hydroxyl groups is 1. The molecule has 1 aromatic rings. The number of hydrogen-bond acceptors (Lipinski definition) is 4. The molecular formula is C21H28FNO5. The molecule has 0 aromatic heterocycles. The molecule has 0 spiro atoms. The number of halogens is 1. The summed E-state index contributed by atoms with van der Waals surface area (Å²) in [5.74, 6) is -0.199. The second-order valence-corrected chi connectivity index (χ2v) is 7.00. The molecule has 6 nitrogen and oxygen atoms in total. The van der Waals surface area contributed by atoms with E-state index in [9.17, 15) is 19.1 Å². The molecule has 1 saturated heterocycles. The number of likely N-dealkylation sites (tertiary alicyclic amines) is 1. The molecule has 28 heavy (non-hydrogen) atoms. The van der Waals surface area contributed by atoms with E-state index in [1.807, 2.05) is 11.0 Å². The van der Waals surface area contributed by atoms with Crippen molar-refractivity contribution >= 4 is 12.1 Å². The number of aliphatic hydroxyl groups excluding tert-OH is 1. The van der Waals surface area contributed by atoms with Crippen LogP contribution in [0, 0.1) is 5.82 Å². The minimum Gasteiger partial charge on any atom is -0.450 e. The predicted molar refractivity (Wildman–Crippen MR) is 102 cm³/mol. The maximum Gasteiger partial charge on any atom is 0.505 e. The Kier molecular flexibility index (Phi) is 8.94. The van der Waals surface area contributed by atoms with Gasteiger partial charge in [0.2, 0.25) is 5.91 Å². The van der Waals surface area contributed by atoms with Crippen LogP contribution in [0.15, 0.2) is 36.4 Å². The molecule has 1 heterocycles. The molecule has 0 radical (unpaired) electrons. The van der Waals surface area contributed by atoms with Crippen molar-refractivity contribution in [3.63, 3.8) is 0 Å². The van der Waals surface area contributed by atoms with Crippen LogP contribution in [-0.4, -0.2) is 52.5 Å².